The zero-order chi connectivity index (χ0) is 22.7. The number of carbonyl (C=O) groups is 3. The number of hydrogen-bond donors (Lipinski definition) is 2. The number of carbonyl (C=O) groups excluding carboxylic acids is 3. The molecule has 6 rings (SSSR count). The fourth-order valence-corrected chi connectivity index (χ4v) is 5.44. The van der Waals surface area contributed by atoms with E-state index in [4.69, 9.17) is 16.3 Å². The van der Waals surface area contributed by atoms with Crippen LogP contribution in [0.15, 0.2) is 36.4 Å². The molecule has 0 unspecified atom stereocenters. The maximum Gasteiger partial charge on any atom is 0.268 e. The SMILES string of the molecule is O=C1CC2(CCN(C(=O)c3ccc4[nH]c5c(c4c3)CCNC5=O)CC2)Oc2ccc(Cl)cc21. The Morgan fingerprint density at radius 2 is 1.91 bits per heavy atom. The van der Waals surface area contributed by atoms with Gasteiger partial charge in [0, 0.05) is 54.0 Å². The molecule has 0 atom stereocenters. The maximum atomic E-state index is 13.3. The number of aromatic nitrogens is 1. The first-order chi connectivity index (χ1) is 15.9. The summed E-state index contributed by atoms with van der Waals surface area (Å²) in [6.45, 7) is 1.63. The predicted molar refractivity (Wildman–Crippen MR) is 123 cm³/mol. The molecule has 1 spiro atoms. The summed E-state index contributed by atoms with van der Waals surface area (Å²) in [5, 5.41) is 4.28. The van der Waals surface area contributed by atoms with E-state index in [1.165, 1.54) is 0 Å². The molecule has 33 heavy (non-hydrogen) atoms. The number of nitrogens with one attached hydrogen (secondary N) is 2. The highest BCUT2D eigenvalue weighted by molar-refractivity contribution is 6.31. The quantitative estimate of drug-likeness (QED) is 0.575. The average molecular weight is 464 g/mol. The van der Waals surface area contributed by atoms with E-state index in [0.29, 0.717) is 66.5 Å². The number of ether oxygens (including phenoxy) is 1. The first-order valence-electron chi connectivity index (χ1n) is 11.2. The second-order valence-corrected chi connectivity index (χ2v) is 9.50. The van der Waals surface area contributed by atoms with Crippen molar-refractivity contribution in [2.45, 2.75) is 31.3 Å². The zero-order valence-electron chi connectivity index (χ0n) is 17.9. The molecule has 2 aromatic carbocycles. The van der Waals surface area contributed by atoms with Crippen LogP contribution in [0.3, 0.4) is 0 Å². The van der Waals surface area contributed by atoms with Crippen LogP contribution in [0.2, 0.25) is 5.02 Å². The van der Waals surface area contributed by atoms with Crippen molar-refractivity contribution in [1.29, 1.82) is 0 Å². The molecule has 4 heterocycles. The Kier molecular flexibility index (Phi) is 4.52. The van der Waals surface area contributed by atoms with Crippen LogP contribution in [0.25, 0.3) is 10.9 Å². The number of nitrogens with zero attached hydrogens (tertiary/aromatic N) is 1. The third kappa shape index (κ3) is 3.30. The Bertz CT molecular complexity index is 1340. The molecule has 8 heteroatoms. The molecular weight excluding hydrogens is 442 g/mol. The molecule has 1 saturated heterocycles. The molecule has 0 aliphatic carbocycles. The van der Waals surface area contributed by atoms with Gasteiger partial charge in [0.25, 0.3) is 11.8 Å². The number of rotatable bonds is 1. The molecule has 3 aliphatic rings. The van der Waals surface area contributed by atoms with Crippen LogP contribution >= 0.6 is 11.6 Å². The monoisotopic (exact) mass is 463 g/mol. The second kappa shape index (κ2) is 7.35. The van der Waals surface area contributed by atoms with E-state index in [9.17, 15) is 14.4 Å². The third-order valence-corrected chi connectivity index (χ3v) is 7.29. The molecule has 0 saturated carbocycles. The molecule has 3 aromatic rings. The number of ketones is 1. The van der Waals surface area contributed by atoms with Crippen LogP contribution < -0.4 is 10.1 Å². The van der Waals surface area contributed by atoms with Gasteiger partial charge in [0.2, 0.25) is 0 Å². The summed E-state index contributed by atoms with van der Waals surface area (Å²) in [5.41, 5.74) is 2.97. The summed E-state index contributed by atoms with van der Waals surface area (Å²) in [4.78, 5) is 43.1. The van der Waals surface area contributed by atoms with E-state index in [0.717, 1.165) is 22.9 Å². The van der Waals surface area contributed by atoms with Gasteiger partial charge in [-0.15, -0.1) is 0 Å². The van der Waals surface area contributed by atoms with Gasteiger partial charge in [-0.3, -0.25) is 14.4 Å². The Balaban J connectivity index is 1.21. The highest BCUT2D eigenvalue weighted by atomic mass is 35.5. The molecule has 1 fully saturated rings. The number of hydrogen-bond acceptors (Lipinski definition) is 4. The fraction of sp³-hybridized carbons (Fsp3) is 0.320. The molecule has 3 aliphatic heterocycles. The Labute approximate surface area is 195 Å². The summed E-state index contributed by atoms with van der Waals surface area (Å²) in [5.74, 6) is 0.455. The first kappa shape index (κ1) is 20.3. The van der Waals surface area contributed by atoms with Crippen molar-refractivity contribution >= 4 is 40.1 Å². The Morgan fingerprint density at radius 3 is 2.73 bits per heavy atom. The van der Waals surface area contributed by atoms with Gasteiger partial charge in [-0.25, -0.2) is 0 Å². The number of halogens is 1. The second-order valence-electron chi connectivity index (χ2n) is 9.06. The molecule has 1 aromatic heterocycles. The lowest BCUT2D eigenvalue weighted by Crippen LogP contribution is -2.52. The molecule has 7 nitrogen and oxygen atoms in total. The van der Waals surface area contributed by atoms with Crippen LogP contribution in [0.1, 0.15) is 56.0 Å². The van der Waals surface area contributed by atoms with Gasteiger partial charge < -0.3 is 19.9 Å². The van der Waals surface area contributed by atoms with Crippen LogP contribution in [0.5, 0.6) is 5.75 Å². The Hall–Kier alpha value is -3.32. The standard InChI is InChI=1S/C25H22ClN3O4/c26-15-2-4-21-18(12-15)20(30)13-25(33-21)6-9-29(10-7-25)24(32)14-1-3-19-17(11-14)16-5-8-27-23(31)22(16)28-19/h1-4,11-12,28H,5-10,13H2,(H,27,31). The van der Waals surface area contributed by atoms with Gasteiger partial charge in [-0.2, -0.15) is 0 Å². The van der Waals surface area contributed by atoms with Gasteiger partial charge in [0.05, 0.1) is 12.0 Å². The van der Waals surface area contributed by atoms with Crippen LogP contribution in [0, 0.1) is 0 Å². The third-order valence-electron chi connectivity index (χ3n) is 7.05. The number of amides is 2. The minimum atomic E-state index is -0.578. The summed E-state index contributed by atoms with van der Waals surface area (Å²) in [6.07, 6.45) is 2.22. The number of piperidine rings is 1. The van der Waals surface area contributed by atoms with Crippen molar-refractivity contribution in [3.05, 3.63) is 63.8 Å². The molecule has 2 amide bonds. The molecule has 168 valence electrons. The summed E-state index contributed by atoms with van der Waals surface area (Å²) in [6, 6.07) is 10.7. The molecule has 0 bridgehead atoms. The van der Waals surface area contributed by atoms with E-state index < -0.39 is 5.60 Å². The summed E-state index contributed by atoms with van der Waals surface area (Å²) < 4.78 is 6.28. The zero-order valence-corrected chi connectivity index (χ0v) is 18.6. The predicted octanol–water partition coefficient (Wildman–Crippen LogP) is 3.75. The van der Waals surface area contributed by atoms with Crippen molar-refractivity contribution in [3.8, 4) is 5.75 Å². The number of fused-ring (bicyclic) bond motifs is 4. The lowest BCUT2D eigenvalue weighted by molar-refractivity contribution is -0.00571. The number of H-pyrrole nitrogens is 1. The number of Topliss-reactive ketones (excluding diaryl/α,β-unsaturated/α-hetero) is 1. The smallest absolute Gasteiger partial charge is 0.268 e. The van der Waals surface area contributed by atoms with Crippen molar-refractivity contribution in [1.82, 2.24) is 15.2 Å². The molecular formula is C25H22ClN3O4. The van der Waals surface area contributed by atoms with Crippen LogP contribution in [-0.2, 0) is 6.42 Å². The van der Waals surface area contributed by atoms with Gasteiger partial charge in [0.1, 0.15) is 17.0 Å². The highest BCUT2D eigenvalue weighted by Crippen LogP contribution is 2.40. The number of aromatic amines is 1. The molecule has 0 radical (unpaired) electrons. The van der Waals surface area contributed by atoms with E-state index in [-0.39, 0.29) is 17.6 Å². The van der Waals surface area contributed by atoms with E-state index in [2.05, 4.69) is 10.3 Å². The highest BCUT2D eigenvalue weighted by Gasteiger charge is 2.43. The minimum absolute atomic E-state index is 0.0326. The van der Waals surface area contributed by atoms with Gasteiger partial charge in [-0.1, -0.05) is 11.6 Å². The number of benzene rings is 2. The van der Waals surface area contributed by atoms with Crippen molar-refractivity contribution < 1.29 is 19.1 Å². The topological polar surface area (TPSA) is 91.5 Å². The lowest BCUT2D eigenvalue weighted by atomic mass is 9.82. The summed E-state index contributed by atoms with van der Waals surface area (Å²) >= 11 is 6.03. The normalized spacial score (nSPS) is 19.1. The van der Waals surface area contributed by atoms with Crippen LogP contribution in [0.4, 0.5) is 0 Å². The van der Waals surface area contributed by atoms with Crippen molar-refractivity contribution in [2.75, 3.05) is 19.6 Å². The van der Waals surface area contributed by atoms with Gasteiger partial charge in [0.15, 0.2) is 5.78 Å². The largest absolute Gasteiger partial charge is 0.486 e. The van der Waals surface area contributed by atoms with Gasteiger partial charge in [-0.05, 0) is 48.4 Å². The lowest BCUT2D eigenvalue weighted by Gasteiger charge is -2.44. The van der Waals surface area contributed by atoms with E-state index in [1.807, 2.05) is 17.0 Å². The van der Waals surface area contributed by atoms with Crippen molar-refractivity contribution in [2.24, 2.45) is 0 Å². The van der Waals surface area contributed by atoms with E-state index in [1.54, 1.807) is 24.3 Å². The van der Waals surface area contributed by atoms with Gasteiger partial charge >= 0.3 is 0 Å². The fourth-order valence-electron chi connectivity index (χ4n) is 5.27. The summed E-state index contributed by atoms with van der Waals surface area (Å²) in [7, 11) is 0. The van der Waals surface area contributed by atoms with Crippen molar-refractivity contribution in [3.63, 3.8) is 0 Å². The van der Waals surface area contributed by atoms with E-state index >= 15 is 0 Å². The Morgan fingerprint density at radius 1 is 1.09 bits per heavy atom. The van der Waals surface area contributed by atoms with Crippen LogP contribution in [-0.4, -0.2) is 52.7 Å². The molecule has 2 N–H and O–H groups in total. The average Bonchev–Trinajstić information content (AvgIpc) is 3.19. The first-order valence-corrected chi connectivity index (χ1v) is 11.5. The number of likely N-dealkylation sites (tertiary alicyclic amines) is 1. The maximum absolute atomic E-state index is 13.3. The minimum Gasteiger partial charge on any atom is -0.486 e.